The third-order valence-corrected chi connectivity index (χ3v) is 6.94. The molecule has 1 rings (SSSR count). The number of hydrogen-bond donors (Lipinski definition) is 2. The molecule has 4 N–H and O–H groups in total. The quantitative estimate of drug-likeness (QED) is 0.624. The molecule has 90 valence electrons. The largest absolute Gasteiger partial charge is 0.399 e. The van der Waals surface area contributed by atoms with Crippen molar-refractivity contribution in [2.45, 2.75) is 39.3 Å². The molecular formula is C12H24N2Si2. The molecule has 0 fully saturated rings. The molecule has 0 bridgehead atoms. The van der Waals surface area contributed by atoms with Gasteiger partial charge in [-0.25, -0.2) is 0 Å². The van der Waals surface area contributed by atoms with Gasteiger partial charge in [0.25, 0.3) is 0 Å². The zero-order valence-electron chi connectivity index (χ0n) is 11.3. The first-order valence-corrected chi connectivity index (χ1v) is 12.7. The molecule has 0 heterocycles. The highest BCUT2D eigenvalue weighted by Gasteiger charge is 2.25. The summed E-state index contributed by atoms with van der Waals surface area (Å²) in [4.78, 5) is 0. The van der Waals surface area contributed by atoms with E-state index in [4.69, 9.17) is 11.5 Å². The van der Waals surface area contributed by atoms with Gasteiger partial charge < -0.3 is 11.5 Å². The Bertz CT molecular complexity index is 361. The number of benzene rings is 1. The van der Waals surface area contributed by atoms with Crippen LogP contribution in [0.4, 0.5) is 11.4 Å². The standard InChI is InChI=1S/C12H24N2Si2/c1-15(2,3)11-7-10(14)12(8-9(11)13)16(4,5)6/h7-8H,13-14H2,1-6H3. The van der Waals surface area contributed by atoms with Crippen LogP contribution in [-0.2, 0) is 0 Å². The molecule has 0 saturated heterocycles. The molecule has 0 saturated carbocycles. The summed E-state index contributed by atoms with van der Waals surface area (Å²) in [5.74, 6) is 0. The van der Waals surface area contributed by atoms with Gasteiger partial charge >= 0.3 is 0 Å². The Balaban J connectivity index is 3.40. The fourth-order valence-corrected chi connectivity index (χ4v) is 4.99. The first-order chi connectivity index (χ1) is 7.03. The number of nitrogens with two attached hydrogens (primary N) is 2. The maximum Gasteiger partial charge on any atom is 0.0803 e. The van der Waals surface area contributed by atoms with Crippen LogP contribution in [0, 0.1) is 0 Å². The van der Waals surface area contributed by atoms with Crippen molar-refractivity contribution in [3.8, 4) is 0 Å². The van der Waals surface area contributed by atoms with Crippen molar-refractivity contribution < 1.29 is 0 Å². The smallest absolute Gasteiger partial charge is 0.0803 e. The minimum atomic E-state index is -1.38. The second kappa shape index (κ2) is 3.93. The lowest BCUT2D eigenvalue weighted by molar-refractivity contribution is 1.64. The molecule has 0 aliphatic heterocycles. The minimum Gasteiger partial charge on any atom is -0.399 e. The van der Waals surface area contributed by atoms with E-state index in [0.717, 1.165) is 11.4 Å². The van der Waals surface area contributed by atoms with E-state index < -0.39 is 16.1 Å². The summed E-state index contributed by atoms with van der Waals surface area (Å²) in [5, 5.41) is 2.57. The van der Waals surface area contributed by atoms with Crippen LogP contribution in [0.3, 0.4) is 0 Å². The van der Waals surface area contributed by atoms with E-state index in [1.54, 1.807) is 0 Å². The van der Waals surface area contributed by atoms with Gasteiger partial charge in [-0.1, -0.05) is 39.3 Å². The maximum absolute atomic E-state index is 6.17. The zero-order valence-corrected chi connectivity index (χ0v) is 13.3. The fraction of sp³-hybridized carbons (Fsp3) is 0.500. The van der Waals surface area contributed by atoms with Gasteiger partial charge in [-0.2, -0.15) is 0 Å². The van der Waals surface area contributed by atoms with Crippen molar-refractivity contribution in [1.29, 1.82) is 0 Å². The SMILES string of the molecule is C[Si](C)(C)c1cc(N)c([Si](C)(C)C)cc1N. The van der Waals surface area contributed by atoms with Gasteiger partial charge in [0.1, 0.15) is 0 Å². The number of nitrogen functional groups attached to an aromatic ring is 2. The van der Waals surface area contributed by atoms with Crippen LogP contribution < -0.4 is 21.8 Å². The van der Waals surface area contributed by atoms with Gasteiger partial charge in [-0.3, -0.25) is 0 Å². The minimum absolute atomic E-state index is 0.936. The summed E-state index contributed by atoms with van der Waals surface area (Å²) in [6, 6.07) is 4.24. The monoisotopic (exact) mass is 252 g/mol. The Kier molecular flexibility index (Phi) is 3.27. The van der Waals surface area contributed by atoms with Crippen molar-refractivity contribution in [3.05, 3.63) is 12.1 Å². The van der Waals surface area contributed by atoms with Crippen LogP contribution in [0.25, 0.3) is 0 Å². The van der Waals surface area contributed by atoms with Crippen molar-refractivity contribution in [3.63, 3.8) is 0 Å². The highest BCUT2D eigenvalue weighted by molar-refractivity contribution is 6.91. The van der Waals surface area contributed by atoms with Gasteiger partial charge in [-0.15, -0.1) is 0 Å². The summed E-state index contributed by atoms with van der Waals surface area (Å²) in [6.07, 6.45) is 0. The molecule has 0 radical (unpaired) electrons. The van der Waals surface area contributed by atoms with Gasteiger partial charge in [-0.05, 0) is 22.5 Å². The predicted octanol–water partition coefficient (Wildman–Crippen LogP) is 1.94. The lowest BCUT2D eigenvalue weighted by Crippen LogP contribution is -2.45. The van der Waals surface area contributed by atoms with Crippen molar-refractivity contribution in [2.24, 2.45) is 0 Å². The molecule has 4 heteroatoms. The van der Waals surface area contributed by atoms with E-state index >= 15 is 0 Å². The number of rotatable bonds is 2. The zero-order chi connectivity index (χ0) is 12.7. The summed E-state index contributed by atoms with van der Waals surface area (Å²) in [5.41, 5.74) is 14.2. The van der Waals surface area contributed by atoms with Crippen LogP contribution in [0.15, 0.2) is 12.1 Å². The molecule has 0 aliphatic carbocycles. The van der Waals surface area contributed by atoms with Gasteiger partial charge in [0.15, 0.2) is 0 Å². The van der Waals surface area contributed by atoms with Crippen LogP contribution >= 0.6 is 0 Å². The topological polar surface area (TPSA) is 52.0 Å². The fourth-order valence-electron chi connectivity index (χ4n) is 1.93. The molecule has 2 nitrogen and oxygen atoms in total. The number of anilines is 2. The summed E-state index contributed by atoms with van der Waals surface area (Å²) in [7, 11) is -2.76. The molecule has 0 aliphatic rings. The van der Waals surface area contributed by atoms with Gasteiger partial charge in [0.2, 0.25) is 0 Å². The predicted molar refractivity (Wildman–Crippen MR) is 81.2 cm³/mol. The molecule has 0 atom stereocenters. The number of hydrogen-bond acceptors (Lipinski definition) is 2. The van der Waals surface area contributed by atoms with Crippen LogP contribution in [-0.4, -0.2) is 16.1 Å². The van der Waals surface area contributed by atoms with Gasteiger partial charge in [0.05, 0.1) is 16.1 Å². The van der Waals surface area contributed by atoms with Crippen molar-refractivity contribution >= 4 is 37.9 Å². The third-order valence-electron chi connectivity index (χ3n) is 2.84. The molecule has 1 aromatic rings. The normalized spacial score (nSPS) is 12.9. The molecule has 0 spiro atoms. The van der Waals surface area contributed by atoms with E-state index in [2.05, 4.69) is 51.4 Å². The third kappa shape index (κ3) is 2.68. The second-order valence-electron chi connectivity index (χ2n) is 6.53. The Labute approximate surface area is 101 Å². The average molecular weight is 253 g/mol. The Morgan fingerprint density at radius 1 is 0.688 bits per heavy atom. The van der Waals surface area contributed by atoms with Crippen LogP contribution in [0.5, 0.6) is 0 Å². The van der Waals surface area contributed by atoms with Crippen molar-refractivity contribution in [1.82, 2.24) is 0 Å². The Hall–Kier alpha value is -0.746. The van der Waals surface area contributed by atoms with E-state index in [9.17, 15) is 0 Å². The highest BCUT2D eigenvalue weighted by atomic mass is 28.3. The second-order valence-corrected chi connectivity index (χ2v) is 16.6. The summed E-state index contributed by atoms with van der Waals surface area (Å²) >= 11 is 0. The first-order valence-electron chi connectivity index (χ1n) is 5.73. The lowest BCUT2D eigenvalue weighted by Gasteiger charge is -2.25. The molecular weight excluding hydrogens is 228 g/mol. The maximum atomic E-state index is 6.17. The lowest BCUT2D eigenvalue weighted by atomic mass is 10.3. The molecule has 1 aromatic carbocycles. The Morgan fingerprint density at radius 3 is 1.12 bits per heavy atom. The Morgan fingerprint density at radius 2 is 0.938 bits per heavy atom. The van der Waals surface area contributed by atoms with E-state index in [0.29, 0.717) is 0 Å². The molecule has 0 amide bonds. The van der Waals surface area contributed by atoms with Crippen LogP contribution in [0.2, 0.25) is 39.3 Å². The van der Waals surface area contributed by atoms with E-state index in [-0.39, 0.29) is 0 Å². The first kappa shape index (κ1) is 13.3. The summed E-state index contributed by atoms with van der Waals surface area (Å²) in [6.45, 7) is 13.8. The van der Waals surface area contributed by atoms with Crippen molar-refractivity contribution in [2.75, 3.05) is 11.5 Å². The highest BCUT2D eigenvalue weighted by Crippen LogP contribution is 2.15. The van der Waals surface area contributed by atoms with Crippen LogP contribution in [0.1, 0.15) is 0 Å². The molecule has 0 aromatic heterocycles. The summed E-state index contributed by atoms with van der Waals surface area (Å²) < 4.78 is 0. The average Bonchev–Trinajstić information content (AvgIpc) is 2.04. The molecule has 16 heavy (non-hydrogen) atoms. The van der Waals surface area contributed by atoms with E-state index in [1.165, 1.54) is 10.4 Å². The van der Waals surface area contributed by atoms with Gasteiger partial charge in [0, 0.05) is 11.4 Å². The molecule has 0 unspecified atom stereocenters. The van der Waals surface area contributed by atoms with E-state index in [1.807, 2.05) is 0 Å².